The SMILES string of the molecule is c1ccc(-c2nc(-c3ccccc3)nc(-c3ccc(-c4cccc5c(-c6ccccc6)c(-c6cccnc6)c6ccccc6c45)cc3)n2)cc1. The minimum absolute atomic E-state index is 0.639. The Labute approximate surface area is 290 Å². The van der Waals surface area contributed by atoms with E-state index in [1.807, 2.05) is 79.1 Å². The zero-order valence-corrected chi connectivity index (χ0v) is 27.1. The van der Waals surface area contributed by atoms with Crippen LogP contribution in [0.5, 0.6) is 0 Å². The summed E-state index contributed by atoms with van der Waals surface area (Å²) in [5.74, 6) is 1.94. The summed E-state index contributed by atoms with van der Waals surface area (Å²) in [6.07, 6.45) is 3.80. The highest BCUT2D eigenvalue weighted by molar-refractivity contribution is 6.25. The lowest BCUT2D eigenvalue weighted by Gasteiger charge is -2.20. The maximum atomic E-state index is 4.95. The van der Waals surface area contributed by atoms with Crippen LogP contribution in [0.3, 0.4) is 0 Å². The Bertz CT molecular complexity index is 2550. The van der Waals surface area contributed by atoms with Gasteiger partial charge in [-0.1, -0.05) is 164 Å². The number of rotatable bonds is 6. The number of fused-ring (bicyclic) bond motifs is 3. The van der Waals surface area contributed by atoms with Gasteiger partial charge in [0.2, 0.25) is 0 Å². The van der Waals surface area contributed by atoms with Crippen molar-refractivity contribution < 1.29 is 0 Å². The monoisotopic (exact) mass is 638 g/mol. The molecule has 0 aliphatic carbocycles. The Balaban J connectivity index is 1.23. The first kappa shape index (κ1) is 29.4. The molecule has 0 aliphatic heterocycles. The maximum absolute atomic E-state index is 4.95. The molecular weight excluding hydrogens is 609 g/mol. The Morgan fingerprint density at radius 3 is 1.34 bits per heavy atom. The van der Waals surface area contributed by atoms with E-state index in [-0.39, 0.29) is 0 Å². The van der Waals surface area contributed by atoms with Gasteiger partial charge in [-0.05, 0) is 55.4 Å². The summed E-state index contributed by atoms with van der Waals surface area (Å²) in [6.45, 7) is 0. The molecule has 0 N–H and O–H groups in total. The van der Waals surface area contributed by atoms with Gasteiger partial charge >= 0.3 is 0 Å². The molecule has 0 saturated carbocycles. The van der Waals surface area contributed by atoms with Crippen molar-refractivity contribution in [2.45, 2.75) is 0 Å². The second-order valence-corrected chi connectivity index (χ2v) is 12.2. The predicted octanol–water partition coefficient (Wildman–Crippen LogP) is 11.6. The molecule has 0 amide bonds. The van der Waals surface area contributed by atoms with Crippen molar-refractivity contribution in [3.63, 3.8) is 0 Å². The quantitative estimate of drug-likeness (QED) is 0.170. The third-order valence-corrected chi connectivity index (χ3v) is 9.22. The summed E-state index contributed by atoms with van der Waals surface area (Å²) in [4.78, 5) is 19.3. The molecule has 0 spiro atoms. The van der Waals surface area contributed by atoms with Crippen LogP contribution in [0.1, 0.15) is 0 Å². The number of benzene rings is 7. The van der Waals surface area contributed by atoms with E-state index >= 15 is 0 Å². The molecule has 4 nitrogen and oxygen atoms in total. The van der Waals surface area contributed by atoms with Gasteiger partial charge in [-0.2, -0.15) is 0 Å². The first-order valence-corrected chi connectivity index (χ1v) is 16.7. The maximum Gasteiger partial charge on any atom is 0.164 e. The van der Waals surface area contributed by atoms with Crippen LogP contribution < -0.4 is 0 Å². The van der Waals surface area contributed by atoms with Crippen LogP contribution in [0.25, 0.3) is 89.1 Å². The molecule has 9 rings (SSSR count). The van der Waals surface area contributed by atoms with Crippen molar-refractivity contribution in [2.75, 3.05) is 0 Å². The lowest BCUT2D eigenvalue weighted by atomic mass is 9.83. The molecule has 4 heteroatoms. The van der Waals surface area contributed by atoms with E-state index in [1.54, 1.807) is 0 Å². The van der Waals surface area contributed by atoms with Gasteiger partial charge in [0.1, 0.15) is 0 Å². The van der Waals surface area contributed by atoms with Crippen LogP contribution in [0.15, 0.2) is 182 Å². The topological polar surface area (TPSA) is 51.6 Å². The highest BCUT2D eigenvalue weighted by atomic mass is 15.0. The molecule has 0 aliphatic rings. The highest BCUT2D eigenvalue weighted by Crippen LogP contribution is 2.47. The van der Waals surface area contributed by atoms with Gasteiger partial charge < -0.3 is 0 Å². The molecule has 0 bridgehead atoms. The predicted molar refractivity (Wildman–Crippen MR) is 205 cm³/mol. The van der Waals surface area contributed by atoms with Gasteiger partial charge in [-0.3, -0.25) is 4.98 Å². The fraction of sp³-hybridized carbons (Fsp3) is 0. The lowest BCUT2D eigenvalue weighted by molar-refractivity contribution is 1.07. The summed E-state index contributed by atoms with van der Waals surface area (Å²) >= 11 is 0. The van der Waals surface area contributed by atoms with Gasteiger partial charge in [0.25, 0.3) is 0 Å². The van der Waals surface area contributed by atoms with E-state index < -0.39 is 0 Å². The van der Waals surface area contributed by atoms with Gasteiger partial charge in [0.05, 0.1) is 0 Å². The summed E-state index contributed by atoms with van der Waals surface area (Å²) in [7, 11) is 0. The molecule has 0 saturated heterocycles. The molecule has 0 atom stereocenters. The summed E-state index contributed by atoms with van der Waals surface area (Å²) < 4.78 is 0. The fourth-order valence-electron chi connectivity index (χ4n) is 6.93. The molecular formula is C46H30N4. The average Bonchev–Trinajstić information content (AvgIpc) is 3.21. The molecule has 2 heterocycles. The molecule has 0 radical (unpaired) electrons. The highest BCUT2D eigenvalue weighted by Gasteiger charge is 2.20. The standard InChI is InChI=1S/C46H30N4/c1-4-14-32(15-5-1)41-40-24-12-23-37(43(40)39-22-11-10-21-38(39)42(41)36-20-13-29-47-30-36)31-25-27-35(28-26-31)46-49-44(33-16-6-2-7-17-33)48-45(50-46)34-18-8-3-9-19-34/h1-30H. The normalized spacial score (nSPS) is 11.2. The summed E-state index contributed by atoms with van der Waals surface area (Å²) in [5, 5.41) is 4.83. The van der Waals surface area contributed by atoms with E-state index in [2.05, 4.69) is 108 Å². The number of nitrogens with zero attached hydrogens (tertiary/aromatic N) is 4. The van der Waals surface area contributed by atoms with Gasteiger partial charge in [0.15, 0.2) is 17.5 Å². The molecule has 9 aromatic rings. The number of hydrogen-bond donors (Lipinski definition) is 0. The second-order valence-electron chi connectivity index (χ2n) is 12.2. The molecule has 0 unspecified atom stereocenters. The van der Waals surface area contributed by atoms with Crippen LogP contribution in [-0.4, -0.2) is 19.9 Å². The Morgan fingerprint density at radius 2 is 0.760 bits per heavy atom. The van der Waals surface area contributed by atoms with Crippen molar-refractivity contribution >= 4 is 21.5 Å². The number of hydrogen-bond acceptors (Lipinski definition) is 4. The van der Waals surface area contributed by atoms with Crippen molar-refractivity contribution in [3.05, 3.63) is 182 Å². The number of pyridine rings is 1. The van der Waals surface area contributed by atoms with Crippen molar-refractivity contribution in [3.8, 4) is 67.5 Å². The summed E-state index contributed by atoms with van der Waals surface area (Å²) in [5.41, 5.74) is 9.80. The van der Waals surface area contributed by atoms with Crippen LogP contribution in [0.4, 0.5) is 0 Å². The first-order chi connectivity index (χ1) is 24.8. The third-order valence-electron chi connectivity index (χ3n) is 9.22. The Hall–Kier alpha value is -6.78. The van der Waals surface area contributed by atoms with Gasteiger partial charge in [-0.15, -0.1) is 0 Å². The first-order valence-electron chi connectivity index (χ1n) is 16.7. The van der Waals surface area contributed by atoms with E-state index in [4.69, 9.17) is 15.0 Å². The molecule has 2 aromatic heterocycles. The minimum atomic E-state index is 0.639. The van der Waals surface area contributed by atoms with Crippen LogP contribution in [-0.2, 0) is 0 Å². The smallest absolute Gasteiger partial charge is 0.164 e. The Morgan fingerprint density at radius 1 is 0.300 bits per heavy atom. The third kappa shape index (κ3) is 5.29. The minimum Gasteiger partial charge on any atom is -0.264 e. The average molecular weight is 639 g/mol. The van der Waals surface area contributed by atoms with E-state index in [9.17, 15) is 0 Å². The van der Waals surface area contributed by atoms with Crippen LogP contribution in [0, 0.1) is 0 Å². The second kappa shape index (κ2) is 12.7. The summed E-state index contributed by atoms with van der Waals surface area (Å²) in [6, 6.07) is 59.0. The lowest BCUT2D eigenvalue weighted by Crippen LogP contribution is -2.00. The molecule has 234 valence electrons. The van der Waals surface area contributed by atoms with Crippen molar-refractivity contribution in [1.29, 1.82) is 0 Å². The van der Waals surface area contributed by atoms with Crippen molar-refractivity contribution in [2.24, 2.45) is 0 Å². The largest absolute Gasteiger partial charge is 0.264 e. The number of aromatic nitrogens is 4. The fourth-order valence-corrected chi connectivity index (χ4v) is 6.93. The van der Waals surface area contributed by atoms with Gasteiger partial charge in [0, 0.05) is 34.6 Å². The van der Waals surface area contributed by atoms with Crippen LogP contribution >= 0.6 is 0 Å². The van der Waals surface area contributed by atoms with Crippen LogP contribution in [0.2, 0.25) is 0 Å². The molecule has 50 heavy (non-hydrogen) atoms. The zero-order valence-electron chi connectivity index (χ0n) is 27.1. The van der Waals surface area contributed by atoms with Crippen molar-refractivity contribution in [1.82, 2.24) is 19.9 Å². The van der Waals surface area contributed by atoms with E-state index in [0.29, 0.717) is 17.5 Å². The Kier molecular flexibility index (Phi) is 7.45. The zero-order chi connectivity index (χ0) is 33.3. The van der Waals surface area contributed by atoms with E-state index in [1.165, 1.54) is 43.8 Å². The molecule has 7 aromatic carbocycles. The molecule has 0 fully saturated rings. The van der Waals surface area contributed by atoms with Gasteiger partial charge in [-0.25, -0.2) is 15.0 Å². The van der Waals surface area contributed by atoms with E-state index in [0.717, 1.165) is 27.8 Å².